The van der Waals surface area contributed by atoms with Crippen LogP contribution < -0.4 is 5.43 Å². The summed E-state index contributed by atoms with van der Waals surface area (Å²) in [4.78, 5) is 23.0. The first-order valence-electron chi connectivity index (χ1n) is 6.17. The minimum atomic E-state index is -1.40. The van der Waals surface area contributed by atoms with E-state index in [1.807, 2.05) is 0 Å². The number of carboxylic acid groups (broad SMARTS) is 1. The number of halogens is 2. The van der Waals surface area contributed by atoms with E-state index in [0.29, 0.717) is 27.7 Å². The van der Waals surface area contributed by atoms with Gasteiger partial charge in [-0.1, -0.05) is 6.92 Å². The Kier molecular flexibility index (Phi) is 4.22. The van der Waals surface area contributed by atoms with Crippen LogP contribution in [0.3, 0.4) is 0 Å². The Labute approximate surface area is 128 Å². The molecule has 21 heavy (non-hydrogen) atoms. The Morgan fingerprint density at radius 2 is 2.14 bits per heavy atom. The van der Waals surface area contributed by atoms with Crippen LogP contribution in [-0.4, -0.2) is 20.9 Å². The van der Waals surface area contributed by atoms with Crippen molar-refractivity contribution in [3.05, 3.63) is 55.7 Å². The van der Waals surface area contributed by atoms with Gasteiger partial charge in [-0.05, 0) is 40.9 Å². The maximum Gasteiger partial charge on any atom is 0.360 e. The summed E-state index contributed by atoms with van der Waals surface area (Å²) in [5.74, 6) is -1.90. The van der Waals surface area contributed by atoms with Crippen molar-refractivity contribution in [2.24, 2.45) is 0 Å². The number of nitrogens with zero attached hydrogens (tertiary/aromatic N) is 2. The second-order valence-corrected chi connectivity index (χ2v) is 5.34. The second-order valence-electron chi connectivity index (χ2n) is 4.49. The van der Waals surface area contributed by atoms with Gasteiger partial charge in [0.25, 0.3) is 0 Å². The SMILES string of the molecule is CCc1cn(-c2cc(F)c(Br)cc2C)nc(C(=O)O)c1=O. The molecule has 2 aromatic rings. The molecule has 0 aliphatic heterocycles. The standard InChI is InChI=1S/C14H12BrFN2O3/c1-3-8-6-18(17-12(13(8)19)14(20)21)11-5-10(16)9(15)4-7(11)2/h4-6H,3H2,1-2H3,(H,20,21). The fourth-order valence-corrected chi connectivity index (χ4v) is 2.40. The monoisotopic (exact) mass is 354 g/mol. The summed E-state index contributed by atoms with van der Waals surface area (Å²) in [7, 11) is 0. The number of aromatic nitrogens is 2. The lowest BCUT2D eigenvalue weighted by Gasteiger charge is -2.12. The summed E-state index contributed by atoms with van der Waals surface area (Å²) < 4.78 is 15.2. The molecule has 0 fully saturated rings. The molecule has 1 aromatic heterocycles. The van der Waals surface area contributed by atoms with E-state index in [4.69, 9.17) is 5.11 Å². The molecule has 5 nitrogen and oxygen atoms in total. The third-order valence-electron chi connectivity index (χ3n) is 3.06. The molecule has 2 rings (SSSR count). The van der Waals surface area contributed by atoms with Gasteiger partial charge in [-0.3, -0.25) is 4.79 Å². The molecule has 0 aliphatic carbocycles. The Balaban J connectivity index is 2.76. The van der Waals surface area contributed by atoms with Crippen molar-refractivity contribution in [2.45, 2.75) is 20.3 Å². The van der Waals surface area contributed by atoms with E-state index in [1.165, 1.54) is 16.9 Å². The second kappa shape index (κ2) is 5.77. The summed E-state index contributed by atoms with van der Waals surface area (Å²) in [6.45, 7) is 3.48. The minimum absolute atomic E-state index is 0.305. The molecule has 1 aromatic carbocycles. The zero-order valence-electron chi connectivity index (χ0n) is 11.4. The van der Waals surface area contributed by atoms with Crippen molar-refractivity contribution in [3.63, 3.8) is 0 Å². The van der Waals surface area contributed by atoms with Crippen LogP contribution in [0.15, 0.2) is 27.6 Å². The maximum absolute atomic E-state index is 13.7. The first-order valence-corrected chi connectivity index (χ1v) is 6.96. The molecule has 110 valence electrons. The van der Waals surface area contributed by atoms with Gasteiger partial charge in [-0.2, -0.15) is 5.10 Å². The normalized spacial score (nSPS) is 10.7. The third-order valence-corrected chi connectivity index (χ3v) is 3.67. The van der Waals surface area contributed by atoms with Gasteiger partial charge in [0.1, 0.15) is 5.82 Å². The number of hydrogen-bond donors (Lipinski definition) is 1. The molecular weight excluding hydrogens is 343 g/mol. The molecule has 0 saturated carbocycles. The number of rotatable bonds is 3. The van der Waals surface area contributed by atoms with Crippen molar-refractivity contribution in [3.8, 4) is 5.69 Å². The molecule has 0 unspecified atom stereocenters. The average Bonchev–Trinajstić information content (AvgIpc) is 2.43. The zero-order valence-corrected chi connectivity index (χ0v) is 12.9. The molecule has 0 saturated heterocycles. The van der Waals surface area contributed by atoms with Crippen LogP contribution in [0.4, 0.5) is 4.39 Å². The van der Waals surface area contributed by atoms with Crippen LogP contribution in [0, 0.1) is 12.7 Å². The Morgan fingerprint density at radius 1 is 1.48 bits per heavy atom. The number of benzene rings is 1. The fraction of sp³-hybridized carbons (Fsp3) is 0.214. The Bertz CT molecular complexity index is 787. The zero-order chi connectivity index (χ0) is 15.7. The van der Waals surface area contributed by atoms with Crippen molar-refractivity contribution in [2.75, 3.05) is 0 Å². The highest BCUT2D eigenvalue weighted by atomic mass is 79.9. The van der Waals surface area contributed by atoms with Gasteiger partial charge in [-0.25, -0.2) is 13.9 Å². The quantitative estimate of drug-likeness (QED) is 0.919. The van der Waals surface area contributed by atoms with E-state index < -0.39 is 22.9 Å². The minimum Gasteiger partial charge on any atom is -0.476 e. The summed E-state index contributed by atoms with van der Waals surface area (Å²) >= 11 is 3.08. The van der Waals surface area contributed by atoms with Gasteiger partial charge in [0.15, 0.2) is 0 Å². The molecular formula is C14H12BrFN2O3. The average molecular weight is 355 g/mol. The van der Waals surface area contributed by atoms with E-state index in [9.17, 15) is 14.0 Å². The predicted octanol–water partition coefficient (Wildman–Crippen LogP) is 2.70. The smallest absolute Gasteiger partial charge is 0.360 e. The first kappa shape index (κ1) is 15.4. The van der Waals surface area contributed by atoms with Gasteiger partial charge in [-0.15, -0.1) is 0 Å². The third kappa shape index (κ3) is 2.87. The highest BCUT2D eigenvalue weighted by Gasteiger charge is 2.17. The molecule has 1 heterocycles. The molecule has 7 heteroatoms. The lowest BCUT2D eigenvalue weighted by Crippen LogP contribution is -2.24. The van der Waals surface area contributed by atoms with E-state index >= 15 is 0 Å². The van der Waals surface area contributed by atoms with Crippen molar-refractivity contribution in [1.82, 2.24) is 9.78 Å². The summed E-state index contributed by atoms with van der Waals surface area (Å²) in [5, 5.41) is 12.9. The number of carbonyl (C=O) groups is 1. The molecule has 0 radical (unpaired) electrons. The highest BCUT2D eigenvalue weighted by molar-refractivity contribution is 9.10. The van der Waals surface area contributed by atoms with Crippen LogP contribution in [-0.2, 0) is 6.42 Å². The van der Waals surface area contributed by atoms with Crippen LogP contribution in [0.25, 0.3) is 5.69 Å². The van der Waals surface area contributed by atoms with Crippen LogP contribution in [0.1, 0.15) is 28.5 Å². The van der Waals surface area contributed by atoms with Gasteiger partial charge in [0, 0.05) is 17.8 Å². The highest BCUT2D eigenvalue weighted by Crippen LogP contribution is 2.22. The molecule has 0 aliphatic rings. The van der Waals surface area contributed by atoms with Crippen molar-refractivity contribution in [1.29, 1.82) is 0 Å². The number of carboxylic acids is 1. The fourth-order valence-electron chi connectivity index (χ4n) is 1.94. The van der Waals surface area contributed by atoms with Gasteiger partial charge in [0.05, 0.1) is 10.2 Å². The van der Waals surface area contributed by atoms with Crippen LogP contribution in [0.2, 0.25) is 0 Å². The summed E-state index contributed by atoms with van der Waals surface area (Å²) in [6, 6.07) is 2.80. The molecule has 0 amide bonds. The van der Waals surface area contributed by atoms with Gasteiger partial charge in [0.2, 0.25) is 11.1 Å². The van der Waals surface area contributed by atoms with Crippen LogP contribution in [0.5, 0.6) is 0 Å². The van der Waals surface area contributed by atoms with Crippen molar-refractivity contribution >= 4 is 21.9 Å². The topological polar surface area (TPSA) is 72.2 Å². The van der Waals surface area contributed by atoms with Crippen LogP contribution >= 0.6 is 15.9 Å². The van der Waals surface area contributed by atoms with Gasteiger partial charge < -0.3 is 5.11 Å². The molecule has 0 bridgehead atoms. The largest absolute Gasteiger partial charge is 0.476 e. The van der Waals surface area contributed by atoms with E-state index in [0.717, 1.165) is 0 Å². The number of aryl methyl sites for hydroxylation is 2. The lowest BCUT2D eigenvalue weighted by atomic mass is 10.1. The maximum atomic E-state index is 13.7. The van der Waals surface area contributed by atoms with Crippen molar-refractivity contribution < 1.29 is 14.3 Å². The summed E-state index contributed by atoms with van der Waals surface area (Å²) in [5.41, 5.74) is 0.199. The molecule has 0 spiro atoms. The summed E-state index contributed by atoms with van der Waals surface area (Å²) in [6.07, 6.45) is 1.80. The van der Waals surface area contributed by atoms with E-state index in [-0.39, 0.29) is 0 Å². The first-order chi connectivity index (χ1) is 9.85. The number of hydrogen-bond acceptors (Lipinski definition) is 3. The van der Waals surface area contributed by atoms with E-state index in [2.05, 4.69) is 21.0 Å². The van der Waals surface area contributed by atoms with E-state index in [1.54, 1.807) is 19.9 Å². The molecule has 1 N–H and O–H groups in total. The predicted molar refractivity (Wildman–Crippen MR) is 78.6 cm³/mol. The Morgan fingerprint density at radius 3 is 2.71 bits per heavy atom. The van der Waals surface area contributed by atoms with Gasteiger partial charge >= 0.3 is 5.97 Å². The molecule has 0 atom stereocenters. The Hall–Kier alpha value is -2.02. The lowest BCUT2D eigenvalue weighted by molar-refractivity contribution is 0.0686. The number of aromatic carboxylic acids is 1.